The normalized spacial score (nSPS) is 16.4. The third kappa shape index (κ3) is 15.7. The number of hydrogen-bond donors (Lipinski definition) is 0. The van der Waals surface area contributed by atoms with Crippen LogP contribution in [0.5, 0.6) is 0 Å². The third-order valence-corrected chi connectivity index (χ3v) is 5.14. The molecule has 0 bridgehead atoms. The number of nitrogens with zero attached hydrogens (tertiary/aromatic N) is 1. The van der Waals surface area contributed by atoms with E-state index in [9.17, 15) is 0 Å². The highest BCUT2D eigenvalue weighted by Gasteiger charge is 2.24. The first-order valence-electron chi connectivity index (χ1n) is 10.7. The summed E-state index contributed by atoms with van der Waals surface area (Å²) < 4.78 is 5.32. The molecule has 24 heavy (non-hydrogen) atoms. The number of unbranched alkanes of at least 4 members (excludes halogenated alkanes) is 13. The van der Waals surface area contributed by atoms with Crippen molar-refractivity contribution in [3.8, 4) is 0 Å². The Hall–Kier alpha value is 0.210. The molecule has 0 saturated carbocycles. The van der Waals surface area contributed by atoms with Crippen molar-refractivity contribution < 1.29 is 4.74 Å². The van der Waals surface area contributed by atoms with Gasteiger partial charge in [-0.15, -0.1) is 12.4 Å². The average molecular weight is 362 g/mol. The molecule has 0 N–H and O–H groups in total. The van der Waals surface area contributed by atoms with Gasteiger partial charge in [-0.1, -0.05) is 97.3 Å². The maximum atomic E-state index is 5.32. The molecule has 1 saturated heterocycles. The van der Waals surface area contributed by atoms with Gasteiger partial charge < -0.3 is 9.64 Å². The lowest BCUT2D eigenvalue weighted by molar-refractivity contribution is 0.247. The molecule has 1 heterocycles. The summed E-state index contributed by atoms with van der Waals surface area (Å²) in [6.45, 7) is 9.17. The number of halogens is 1. The molecule has 1 atom stereocenters. The van der Waals surface area contributed by atoms with E-state index < -0.39 is 0 Å². The summed E-state index contributed by atoms with van der Waals surface area (Å²) in [6, 6.07) is 0. The van der Waals surface area contributed by atoms with Crippen molar-refractivity contribution in [2.75, 3.05) is 26.2 Å². The predicted molar refractivity (Wildman–Crippen MR) is 109 cm³/mol. The Morgan fingerprint density at radius 1 is 0.708 bits per heavy atom. The molecule has 0 aromatic rings. The zero-order valence-corrected chi connectivity index (χ0v) is 17.4. The van der Waals surface area contributed by atoms with Crippen molar-refractivity contribution >= 4 is 12.4 Å². The Morgan fingerprint density at radius 2 is 1.12 bits per heavy atom. The van der Waals surface area contributed by atoms with E-state index in [2.05, 4.69) is 18.7 Å². The van der Waals surface area contributed by atoms with Crippen molar-refractivity contribution in [3.05, 3.63) is 0 Å². The molecule has 0 aromatic carbocycles. The van der Waals surface area contributed by atoms with Crippen LogP contribution in [0, 0.1) is 0 Å². The van der Waals surface area contributed by atoms with Crippen molar-refractivity contribution in [3.63, 3.8) is 0 Å². The fourth-order valence-corrected chi connectivity index (χ4v) is 3.37. The van der Waals surface area contributed by atoms with E-state index in [0.717, 1.165) is 13.2 Å². The summed E-state index contributed by atoms with van der Waals surface area (Å²) in [7, 11) is 0. The average Bonchev–Trinajstić information content (AvgIpc) is 3.38. The molecule has 0 aliphatic carbocycles. The fourth-order valence-electron chi connectivity index (χ4n) is 3.37. The van der Waals surface area contributed by atoms with E-state index in [1.807, 2.05) is 0 Å². The van der Waals surface area contributed by atoms with Crippen LogP contribution in [0.1, 0.15) is 104 Å². The van der Waals surface area contributed by atoms with Crippen molar-refractivity contribution in [1.29, 1.82) is 0 Å². The van der Waals surface area contributed by atoms with Crippen LogP contribution in [-0.4, -0.2) is 37.2 Å². The minimum absolute atomic E-state index is 0. The van der Waals surface area contributed by atoms with Crippen LogP contribution in [0.2, 0.25) is 0 Å². The first kappa shape index (κ1) is 24.2. The second-order valence-electron chi connectivity index (χ2n) is 7.44. The van der Waals surface area contributed by atoms with E-state index in [0.29, 0.717) is 6.10 Å². The van der Waals surface area contributed by atoms with Crippen molar-refractivity contribution in [2.24, 2.45) is 0 Å². The molecule has 2 nitrogen and oxygen atoms in total. The quantitative estimate of drug-likeness (QED) is 0.201. The minimum atomic E-state index is 0. The molecule has 146 valence electrons. The summed E-state index contributed by atoms with van der Waals surface area (Å²) in [5, 5.41) is 0. The summed E-state index contributed by atoms with van der Waals surface area (Å²) in [6.07, 6.45) is 20.8. The number of ether oxygens (including phenoxy) is 1. The van der Waals surface area contributed by atoms with Gasteiger partial charge in [0, 0.05) is 6.54 Å². The predicted octanol–water partition coefficient (Wildman–Crippen LogP) is 6.61. The maximum Gasteiger partial charge on any atom is 0.0936 e. The van der Waals surface area contributed by atoms with Crippen LogP contribution in [-0.2, 0) is 4.74 Å². The van der Waals surface area contributed by atoms with E-state index in [4.69, 9.17) is 4.74 Å². The SMILES string of the molecule is CCCCCCCCCCCCCCCCN(CC)CC1CO1.Cl. The second-order valence-corrected chi connectivity index (χ2v) is 7.44. The molecule has 1 unspecified atom stereocenters. The standard InChI is InChI=1S/C21H43NO.ClH/c1-3-5-6-7-8-9-10-11-12-13-14-15-16-17-18-22(4-2)19-21-20-23-21;/h21H,3-20H2,1-2H3;1H. The van der Waals surface area contributed by atoms with Gasteiger partial charge in [0.1, 0.15) is 0 Å². The summed E-state index contributed by atoms with van der Waals surface area (Å²) in [5.41, 5.74) is 0. The summed E-state index contributed by atoms with van der Waals surface area (Å²) in [5.74, 6) is 0. The van der Waals surface area contributed by atoms with Crippen LogP contribution >= 0.6 is 12.4 Å². The lowest BCUT2D eigenvalue weighted by Crippen LogP contribution is -2.28. The number of likely N-dealkylation sites (N-methyl/N-ethyl adjacent to an activating group) is 1. The minimum Gasteiger partial charge on any atom is -0.372 e. The van der Waals surface area contributed by atoms with E-state index in [1.54, 1.807) is 0 Å². The Morgan fingerprint density at radius 3 is 1.50 bits per heavy atom. The molecule has 0 aromatic heterocycles. The second kappa shape index (κ2) is 18.0. The number of epoxide rings is 1. The molecule has 0 spiro atoms. The van der Waals surface area contributed by atoms with Gasteiger partial charge in [0.15, 0.2) is 0 Å². The van der Waals surface area contributed by atoms with Crippen LogP contribution in [0.3, 0.4) is 0 Å². The highest BCUT2D eigenvalue weighted by Crippen LogP contribution is 2.14. The van der Waals surface area contributed by atoms with Crippen LogP contribution in [0.4, 0.5) is 0 Å². The summed E-state index contributed by atoms with van der Waals surface area (Å²) >= 11 is 0. The van der Waals surface area contributed by atoms with Crippen molar-refractivity contribution in [1.82, 2.24) is 4.90 Å². The van der Waals surface area contributed by atoms with E-state index >= 15 is 0 Å². The lowest BCUT2D eigenvalue weighted by atomic mass is 10.0. The third-order valence-electron chi connectivity index (χ3n) is 5.14. The Balaban J connectivity index is 0.00000529. The van der Waals surface area contributed by atoms with E-state index in [1.165, 1.54) is 103 Å². The smallest absolute Gasteiger partial charge is 0.0936 e. The first-order valence-corrected chi connectivity index (χ1v) is 10.7. The fraction of sp³-hybridized carbons (Fsp3) is 1.00. The molecule has 0 amide bonds. The number of hydrogen-bond acceptors (Lipinski definition) is 2. The molecule has 3 heteroatoms. The van der Waals surface area contributed by atoms with Gasteiger partial charge in [0.25, 0.3) is 0 Å². The van der Waals surface area contributed by atoms with Gasteiger partial charge in [-0.25, -0.2) is 0 Å². The van der Waals surface area contributed by atoms with Crippen LogP contribution < -0.4 is 0 Å². The molecule has 1 aliphatic heterocycles. The van der Waals surface area contributed by atoms with Gasteiger partial charge >= 0.3 is 0 Å². The highest BCUT2D eigenvalue weighted by molar-refractivity contribution is 5.85. The van der Waals surface area contributed by atoms with Crippen LogP contribution in [0.25, 0.3) is 0 Å². The Kier molecular flexibility index (Phi) is 18.2. The molecule has 1 fully saturated rings. The topological polar surface area (TPSA) is 15.8 Å². The summed E-state index contributed by atoms with van der Waals surface area (Å²) in [4.78, 5) is 2.55. The lowest BCUT2D eigenvalue weighted by Gasteiger charge is -2.18. The molecular formula is C21H44ClNO. The van der Waals surface area contributed by atoms with E-state index in [-0.39, 0.29) is 12.4 Å². The Labute approximate surface area is 158 Å². The van der Waals surface area contributed by atoms with Gasteiger partial charge in [-0.2, -0.15) is 0 Å². The van der Waals surface area contributed by atoms with Gasteiger partial charge in [-0.3, -0.25) is 0 Å². The zero-order chi connectivity index (χ0) is 16.6. The largest absolute Gasteiger partial charge is 0.372 e. The zero-order valence-electron chi connectivity index (χ0n) is 16.6. The Bertz CT molecular complexity index is 246. The monoisotopic (exact) mass is 361 g/mol. The van der Waals surface area contributed by atoms with Gasteiger partial charge in [0.05, 0.1) is 12.7 Å². The maximum absolute atomic E-state index is 5.32. The van der Waals surface area contributed by atoms with Gasteiger partial charge in [-0.05, 0) is 19.5 Å². The molecule has 1 aliphatic rings. The van der Waals surface area contributed by atoms with Gasteiger partial charge in [0.2, 0.25) is 0 Å². The number of rotatable bonds is 18. The molecule has 1 rings (SSSR count). The van der Waals surface area contributed by atoms with Crippen molar-refractivity contribution in [2.45, 2.75) is 110 Å². The molecule has 0 radical (unpaired) electrons. The highest BCUT2D eigenvalue weighted by atomic mass is 35.5. The van der Waals surface area contributed by atoms with Crippen LogP contribution in [0.15, 0.2) is 0 Å². The first-order chi connectivity index (χ1) is 11.4. The molecular weight excluding hydrogens is 318 g/mol.